The number of nitrogens with two attached hydrogens (primary N) is 1. The molecule has 1 aromatic heterocycles. The summed E-state index contributed by atoms with van der Waals surface area (Å²) in [6.45, 7) is 1.97. The fourth-order valence-electron chi connectivity index (χ4n) is 0.857. The van der Waals surface area contributed by atoms with E-state index >= 15 is 0 Å². The minimum atomic E-state index is 0.125. The average molecular weight is 293 g/mol. The van der Waals surface area contributed by atoms with Crippen molar-refractivity contribution in [2.24, 2.45) is 0 Å². The summed E-state index contributed by atoms with van der Waals surface area (Å²) in [5, 5.41) is 0. The summed E-state index contributed by atoms with van der Waals surface area (Å²) >= 11 is 2.10. The Balaban J connectivity index is 2.73. The van der Waals surface area contributed by atoms with Gasteiger partial charge < -0.3 is 10.5 Å². The van der Waals surface area contributed by atoms with Crippen LogP contribution in [0.3, 0.4) is 0 Å². The number of hydrogen-bond acceptors (Lipinski definition) is 4. The molecule has 1 rings (SSSR count). The van der Waals surface area contributed by atoms with Crippen LogP contribution in [0.1, 0.15) is 12.7 Å². The number of methoxy groups -OCH3 is 1. The van der Waals surface area contributed by atoms with Crippen molar-refractivity contribution in [1.29, 1.82) is 0 Å². The van der Waals surface area contributed by atoms with E-state index in [1.165, 1.54) is 0 Å². The first-order valence-electron chi connectivity index (χ1n) is 3.93. The molecule has 0 aliphatic carbocycles. The van der Waals surface area contributed by atoms with Gasteiger partial charge in [-0.2, -0.15) is 0 Å². The van der Waals surface area contributed by atoms with Gasteiger partial charge >= 0.3 is 0 Å². The number of nitrogens with zero attached hydrogens (tertiary/aromatic N) is 2. The smallest absolute Gasteiger partial charge is 0.140 e. The minimum absolute atomic E-state index is 0.125. The lowest BCUT2D eigenvalue weighted by atomic mass is 10.3. The molecule has 0 radical (unpaired) electrons. The van der Waals surface area contributed by atoms with E-state index in [1.807, 2.05) is 6.92 Å². The Labute approximate surface area is 91.0 Å². The topological polar surface area (TPSA) is 61.0 Å². The number of ether oxygens (including phenoxy) is 1. The highest BCUT2D eigenvalue weighted by Crippen LogP contribution is 2.10. The maximum absolute atomic E-state index is 5.64. The first kappa shape index (κ1) is 10.6. The van der Waals surface area contributed by atoms with E-state index < -0.39 is 0 Å². The van der Waals surface area contributed by atoms with Gasteiger partial charge in [-0.3, -0.25) is 0 Å². The highest BCUT2D eigenvalue weighted by atomic mass is 127. The standard InChI is InChI=1S/C8H12IN3O/c1-5(13-2)3-7-11-4-6(9)8(10)12-7/h4-5H,3H2,1-2H3,(H2,10,11,12). The molecular weight excluding hydrogens is 281 g/mol. The van der Waals surface area contributed by atoms with Gasteiger partial charge in [0.1, 0.15) is 11.6 Å². The van der Waals surface area contributed by atoms with Crippen LogP contribution in [0.15, 0.2) is 6.20 Å². The fraction of sp³-hybridized carbons (Fsp3) is 0.500. The summed E-state index contributed by atoms with van der Waals surface area (Å²) in [4.78, 5) is 8.29. The monoisotopic (exact) mass is 293 g/mol. The Bertz CT molecular complexity index is 293. The van der Waals surface area contributed by atoms with E-state index in [-0.39, 0.29) is 6.10 Å². The number of hydrogen-bond donors (Lipinski definition) is 1. The normalized spacial score (nSPS) is 12.8. The molecule has 1 atom stereocenters. The number of anilines is 1. The van der Waals surface area contributed by atoms with Gasteiger partial charge in [0.2, 0.25) is 0 Å². The number of halogens is 1. The Morgan fingerprint density at radius 3 is 2.92 bits per heavy atom. The molecule has 0 amide bonds. The molecule has 5 heteroatoms. The molecule has 0 saturated carbocycles. The second-order valence-electron chi connectivity index (χ2n) is 2.77. The molecule has 1 unspecified atom stereocenters. The van der Waals surface area contributed by atoms with Crippen molar-refractivity contribution >= 4 is 28.4 Å². The van der Waals surface area contributed by atoms with Crippen LogP contribution in [-0.4, -0.2) is 23.2 Å². The summed E-state index contributed by atoms with van der Waals surface area (Å²) in [5.41, 5.74) is 5.64. The van der Waals surface area contributed by atoms with Gasteiger partial charge in [-0.25, -0.2) is 9.97 Å². The van der Waals surface area contributed by atoms with E-state index in [1.54, 1.807) is 13.3 Å². The molecular formula is C8H12IN3O. The van der Waals surface area contributed by atoms with Crippen LogP contribution >= 0.6 is 22.6 Å². The van der Waals surface area contributed by atoms with Gasteiger partial charge in [0.25, 0.3) is 0 Å². The third kappa shape index (κ3) is 3.07. The van der Waals surface area contributed by atoms with Crippen molar-refractivity contribution in [2.75, 3.05) is 12.8 Å². The van der Waals surface area contributed by atoms with Gasteiger partial charge in [0.05, 0.1) is 9.67 Å². The molecule has 0 aliphatic heterocycles. The Morgan fingerprint density at radius 1 is 1.69 bits per heavy atom. The van der Waals surface area contributed by atoms with Crippen molar-refractivity contribution in [3.05, 3.63) is 15.6 Å². The number of aromatic nitrogens is 2. The Hall–Kier alpha value is -0.430. The predicted octanol–water partition coefficient (Wildman–Crippen LogP) is 1.24. The molecule has 0 bridgehead atoms. The summed E-state index contributed by atoms with van der Waals surface area (Å²) in [6.07, 6.45) is 2.54. The fourth-order valence-corrected chi connectivity index (χ4v) is 1.12. The van der Waals surface area contributed by atoms with Gasteiger partial charge in [0.15, 0.2) is 0 Å². The lowest BCUT2D eigenvalue weighted by molar-refractivity contribution is 0.117. The van der Waals surface area contributed by atoms with Crippen molar-refractivity contribution in [3.63, 3.8) is 0 Å². The van der Waals surface area contributed by atoms with E-state index in [0.717, 1.165) is 9.39 Å². The van der Waals surface area contributed by atoms with E-state index in [2.05, 4.69) is 32.6 Å². The summed E-state index contributed by atoms with van der Waals surface area (Å²) < 4.78 is 5.98. The van der Waals surface area contributed by atoms with E-state index in [0.29, 0.717) is 12.2 Å². The molecule has 2 N–H and O–H groups in total. The lowest BCUT2D eigenvalue weighted by Crippen LogP contribution is -2.12. The van der Waals surface area contributed by atoms with Crippen LogP contribution in [0.5, 0.6) is 0 Å². The van der Waals surface area contributed by atoms with Crippen LogP contribution in [0.2, 0.25) is 0 Å². The predicted molar refractivity (Wildman–Crippen MR) is 59.3 cm³/mol. The molecule has 0 spiro atoms. The SMILES string of the molecule is COC(C)Cc1ncc(I)c(N)n1. The summed E-state index contributed by atoms with van der Waals surface area (Å²) in [5.74, 6) is 1.26. The molecule has 0 saturated heterocycles. The third-order valence-corrected chi connectivity index (χ3v) is 2.52. The zero-order valence-electron chi connectivity index (χ0n) is 7.62. The van der Waals surface area contributed by atoms with Crippen LogP contribution in [-0.2, 0) is 11.2 Å². The minimum Gasteiger partial charge on any atom is -0.383 e. The molecule has 0 fully saturated rings. The van der Waals surface area contributed by atoms with Crippen molar-refractivity contribution in [2.45, 2.75) is 19.4 Å². The number of rotatable bonds is 3. The quantitative estimate of drug-likeness (QED) is 0.852. The molecule has 1 heterocycles. The highest BCUT2D eigenvalue weighted by Gasteiger charge is 2.06. The van der Waals surface area contributed by atoms with E-state index in [9.17, 15) is 0 Å². The summed E-state index contributed by atoms with van der Waals surface area (Å²) in [7, 11) is 1.67. The first-order valence-corrected chi connectivity index (χ1v) is 5.01. The molecule has 1 aromatic rings. The van der Waals surface area contributed by atoms with Crippen molar-refractivity contribution in [1.82, 2.24) is 9.97 Å². The van der Waals surface area contributed by atoms with Gasteiger partial charge in [-0.1, -0.05) is 0 Å². The maximum atomic E-state index is 5.64. The molecule has 0 aromatic carbocycles. The van der Waals surface area contributed by atoms with Gasteiger partial charge in [-0.15, -0.1) is 0 Å². The molecule has 72 valence electrons. The zero-order valence-corrected chi connectivity index (χ0v) is 9.78. The first-order chi connectivity index (χ1) is 6.13. The lowest BCUT2D eigenvalue weighted by Gasteiger charge is -2.08. The molecule has 0 aliphatic rings. The van der Waals surface area contributed by atoms with Crippen molar-refractivity contribution < 1.29 is 4.74 Å². The Kier molecular flexibility index (Phi) is 3.86. The second kappa shape index (κ2) is 4.71. The summed E-state index contributed by atoms with van der Waals surface area (Å²) in [6, 6.07) is 0. The highest BCUT2D eigenvalue weighted by molar-refractivity contribution is 14.1. The van der Waals surface area contributed by atoms with Crippen LogP contribution in [0, 0.1) is 3.57 Å². The number of nitrogen functional groups attached to an aromatic ring is 1. The molecule has 4 nitrogen and oxygen atoms in total. The maximum Gasteiger partial charge on any atom is 0.140 e. The molecule has 13 heavy (non-hydrogen) atoms. The van der Waals surface area contributed by atoms with Crippen LogP contribution < -0.4 is 5.73 Å². The van der Waals surface area contributed by atoms with Gasteiger partial charge in [-0.05, 0) is 29.5 Å². The van der Waals surface area contributed by atoms with Crippen molar-refractivity contribution in [3.8, 4) is 0 Å². The second-order valence-corrected chi connectivity index (χ2v) is 3.93. The van der Waals surface area contributed by atoms with Crippen LogP contribution in [0.4, 0.5) is 5.82 Å². The van der Waals surface area contributed by atoms with Crippen LogP contribution in [0.25, 0.3) is 0 Å². The van der Waals surface area contributed by atoms with Gasteiger partial charge in [0, 0.05) is 19.7 Å². The zero-order chi connectivity index (χ0) is 9.84. The largest absolute Gasteiger partial charge is 0.383 e. The third-order valence-electron chi connectivity index (χ3n) is 1.69. The Morgan fingerprint density at radius 2 is 2.38 bits per heavy atom. The average Bonchev–Trinajstić information content (AvgIpc) is 2.11. The van der Waals surface area contributed by atoms with E-state index in [4.69, 9.17) is 10.5 Å².